The number of nitrogens with zero attached hydrogens (tertiary/aromatic N) is 2. The van der Waals surface area contributed by atoms with Gasteiger partial charge in [0.15, 0.2) is 0 Å². The number of likely N-dealkylation sites (N-methyl/N-ethyl adjacent to an activating group) is 1. The lowest BCUT2D eigenvalue weighted by Gasteiger charge is -2.16. The van der Waals surface area contributed by atoms with Gasteiger partial charge >= 0.3 is 6.03 Å². The Morgan fingerprint density at radius 1 is 1.13 bits per heavy atom. The topological polar surface area (TPSA) is 90.7 Å². The number of imide groups is 1. The minimum Gasteiger partial charge on any atom is -0.383 e. The minimum atomic E-state index is -0.393. The number of hydrazine groups is 1. The van der Waals surface area contributed by atoms with Crippen molar-refractivity contribution in [2.75, 3.05) is 30.9 Å². The fraction of sp³-hybridized carbons (Fsp3) is 0.333. The molecule has 4 N–H and O–H groups in total. The van der Waals surface area contributed by atoms with Gasteiger partial charge in [0.2, 0.25) is 5.91 Å². The predicted octanol–water partition coefficient (Wildman–Crippen LogP) is 3.61. The third kappa shape index (κ3) is 4.67. The van der Waals surface area contributed by atoms with Crippen LogP contribution < -0.4 is 16.6 Å². The summed E-state index contributed by atoms with van der Waals surface area (Å²) in [5, 5.41) is 3.37. The van der Waals surface area contributed by atoms with Crippen molar-refractivity contribution < 1.29 is 14.0 Å². The molecule has 1 heterocycles. The molecule has 4 rings (SSSR count). The van der Waals surface area contributed by atoms with E-state index in [1.807, 2.05) is 18.2 Å². The maximum Gasteiger partial charge on any atom is 0.327 e. The number of nitrogens with two attached hydrogens (primary N) is 1. The Morgan fingerprint density at radius 2 is 1.90 bits per heavy atom. The Labute approximate surface area is 191 Å². The maximum atomic E-state index is 14.8. The highest BCUT2D eigenvalue weighted by atomic mass is 127. The SMILES string of the molecule is CN1C(=O)CN(Cc2ccc(-c3ccc(NCC4CC4)c(NN)c3)c(F)c2)C1=O.I. The number of benzene rings is 2. The van der Waals surface area contributed by atoms with Gasteiger partial charge in [0.25, 0.3) is 0 Å². The Bertz CT molecular complexity index is 966. The lowest BCUT2D eigenvalue weighted by atomic mass is 10.0. The number of rotatable bonds is 7. The van der Waals surface area contributed by atoms with Crippen molar-refractivity contribution in [3.8, 4) is 11.1 Å². The molecule has 2 aliphatic rings. The summed E-state index contributed by atoms with van der Waals surface area (Å²) in [5.74, 6) is 5.73. The highest BCUT2D eigenvalue weighted by Crippen LogP contribution is 2.33. The van der Waals surface area contributed by atoms with Gasteiger partial charge < -0.3 is 15.6 Å². The van der Waals surface area contributed by atoms with E-state index in [4.69, 9.17) is 5.84 Å². The van der Waals surface area contributed by atoms with E-state index in [2.05, 4.69) is 10.7 Å². The van der Waals surface area contributed by atoms with Gasteiger partial charge in [-0.1, -0.05) is 18.2 Å². The number of halogens is 2. The summed E-state index contributed by atoms with van der Waals surface area (Å²) in [6, 6.07) is 10.0. The normalized spacial score (nSPS) is 16.0. The van der Waals surface area contributed by atoms with Crippen molar-refractivity contribution in [1.82, 2.24) is 9.80 Å². The van der Waals surface area contributed by atoms with Crippen molar-refractivity contribution >= 4 is 47.3 Å². The van der Waals surface area contributed by atoms with Gasteiger partial charge in [-0.05, 0) is 48.1 Å². The Kier molecular flexibility index (Phi) is 6.81. The van der Waals surface area contributed by atoms with Gasteiger partial charge in [0.05, 0.1) is 11.4 Å². The molecule has 0 aromatic heterocycles. The van der Waals surface area contributed by atoms with Crippen LogP contribution in [0.1, 0.15) is 18.4 Å². The van der Waals surface area contributed by atoms with Crippen LogP contribution in [-0.4, -0.2) is 41.9 Å². The molecule has 1 aliphatic heterocycles. The van der Waals surface area contributed by atoms with Crippen molar-refractivity contribution in [2.24, 2.45) is 11.8 Å². The van der Waals surface area contributed by atoms with Crippen LogP contribution in [0.25, 0.3) is 11.1 Å². The third-order valence-corrected chi connectivity index (χ3v) is 5.43. The monoisotopic (exact) mass is 525 g/mol. The fourth-order valence-electron chi connectivity index (χ4n) is 3.45. The van der Waals surface area contributed by atoms with Crippen LogP contribution in [0.15, 0.2) is 36.4 Å². The van der Waals surface area contributed by atoms with Crippen LogP contribution in [0.5, 0.6) is 0 Å². The van der Waals surface area contributed by atoms with E-state index in [9.17, 15) is 14.0 Å². The number of nitrogens with one attached hydrogen (secondary N) is 2. The van der Waals surface area contributed by atoms with Crippen LogP contribution >= 0.6 is 24.0 Å². The molecule has 1 saturated carbocycles. The van der Waals surface area contributed by atoms with Crippen LogP contribution in [0.2, 0.25) is 0 Å². The first-order valence-electron chi connectivity index (χ1n) is 9.65. The van der Waals surface area contributed by atoms with Gasteiger partial charge in [-0.15, -0.1) is 24.0 Å². The number of anilines is 2. The Balaban J connectivity index is 0.00000256. The predicted molar refractivity (Wildman–Crippen MR) is 125 cm³/mol. The van der Waals surface area contributed by atoms with Crippen LogP contribution in [0.3, 0.4) is 0 Å². The minimum absolute atomic E-state index is 0. The van der Waals surface area contributed by atoms with Crippen LogP contribution in [-0.2, 0) is 11.3 Å². The quantitative estimate of drug-likeness (QED) is 0.223. The molecule has 1 aliphatic carbocycles. The maximum absolute atomic E-state index is 14.8. The standard InChI is InChI=1S/C21H24FN5O2.HI/c1-26-20(28)12-27(21(26)29)11-14-4-6-16(17(22)8-14)15-5-7-18(19(9-15)25-23)24-10-13-2-3-13;/h4-9,13,24-25H,2-3,10-12,23H2,1H3;1H. The van der Waals surface area contributed by atoms with E-state index in [0.717, 1.165) is 23.0 Å². The van der Waals surface area contributed by atoms with Crippen LogP contribution in [0, 0.1) is 11.7 Å². The van der Waals surface area contributed by atoms with Gasteiger partial charge in [0, 0.05) is 25.7 Å². The molecule has 160 valence electrons. The van der Waals surface area contributed by atoms with Crippen molar-refractivity contribution in [3.63, 3.8) is 0 Å². The molecule has 0 unspecified atom stereocenters. The molecule has 0 atom stereocenters. The largest absolute Gasteiger partial charge is 0.383 e. The summed E-state index contributed by atoms with van der Waals surface area (Å²) in [7, 11) is 1.45. The highest BCUT2D eigenvalue weighted by molar-refractivity contribution is 14.0. The molecule has 9 heteroatoms. The molecular formula is C21H25FIN5O2. The van der Waals surface area contributed by atoms with E-state index in [1.165, 1.54) is 30.9 Å². The third-order valence-electron chi connectivity index (χ3n) is 5.43. The van der Waals surface area contributed by atoms with Gasteiger partial charge in [-0.25, -0.2) is 9.18 Å². The molecule has 0 radical (unpaired) electrons. The second kappa shape index (κ2) is 9.17. The molecule has 0 spiro atoms. The number of urea groups is 1. The first kappa shape index (κ1) is 22.3. The molecule has 7 nitrogen and oxygen atoms in total. The molecule has 0 bridgehead atoms. The van der Waals surface area contributed by atoms with E-state index < -0.39 is 5.82 Å². The molecule has 1 saturated heterocycles. The van der Waals surface area contributed by atoms with E-state index >= 15 is 0 Å². The lowest BCUT2D eigenvalue weighted by Crippen LogP contribution is -2.29. The summed E-state index contributed by atoms with van der Waals surface area (Å²) in [4.78, 5) is 26.1. The first-order chi connectivity index (χ1) is 14.0. The summed E-state index contributed by atoms with van der Waals surface area (Å²) in [6.07, 6.45) is 2.50. The zero-order valence-electron chi connectivity index (χ0n) is 16.7. The van der Waals surface area contributed by atoms with Crippen molar-refractivity contribution in [1.29, 1.82) is 0 Å². The lowest BCUT2D eigenvalue weighted by molar-refractivity contribution is -0.124. The van der Waals surface area contributed by atoms with Crippen molar-refractivity contribution in [3.05, 3.63) is 47.8 Å². The first-order valence-corrected chi connectivity index (χ1v) is 9.65. The summed E-state index contributed by atoms with van der Waals surface area (Å²) >= 11 is 0. The van der Waals surface area contributed by atoms with Crippen molar-refractivity contribution in [2.45, 2.75) is 19.4 Å². The average molecular weight is 525 g/mol. The number of hydrogen-bond donors (Lipinski definition) is 3. The number of amides is 3. The molecular weight excluding hydrogens is 500 g/mol. The zero-order chi connectivity index (χ0) is 20.5. The molecule has 30 heavy (non-hydrogen) atoms. The Morgan fingerprint density at radius 3 is 2.50 bits per heavy atom. The number of carbonyl (C=O) groups excluding carboxylic acids is 2. The van der Waals surface area contributed by atoms with Gasteiger partial charge in [0.1, 0.15) is 12.4 Å². The van der Waals surface area contributed by atoms with Gasteiger partial charge in [-0.2, -0.15) is 0 Å². The van der Waals surface area contributed by atoms with E-state index in [0.29, 0.717) is 22.4 Å². The molecule has 2 aromatic rings. The summed E-state index contributed by atoms with van der Waals surface area (Å²) < 4.78 is 14.8. The second-order valence-electron chi connectivity index (χ2n) is 7.63. The smallest absolute Gasteiger partial charge is 0.327 e. The van der Waals surface area contributed by atoms with E-state index in [1.54, 1.807) is 12.1 Å². The molecule has 2 fully saturated rings. The Hall–Kier alpha value is -2.40. The zero-order valence-corrected chi connectivity index (χ0v) is 19.0. The average Bonchev–Trinajstić information content (AvgIpc) is 3.51. The molecule has 2 aromatic carbocycles. The summed E-state index contributed by atoms with van der Waals surface area (Å²) in [5.41, 5.74) is 6.04. The number of hydrogen-bond acceptors (Lipinski definition) is 5. The summed E-state index contributed by atoms with van der Waals surface area (Å²) in [6.45, 7) is 1.11. The number of carbonyl (C=O) groups is 2. The number of nitrogen functional groups attached to an aromatic ring is 1. The van der Waals surface area contributed by atoms with E-state index in [-0.39, 0.29) is 49.0 Å². The second-order valence-corrected chi connectivity index (χ2v) is 7.63. The fourth-order valence-corrected chi connectivity index (χ4v) is 3.45. The molecule has 3 amide bonds. The highest BCUT2D eigenvalue weighted by Gasteiger charge is 2.32. The van der Waals surface area contributed by atoms with Gasteiger partial charge in [-0.3, -0.25) is 15.5 Å². The van der Waals surface area contributed by atoms with Crippen LogP contribution in [0.4, 0.5) is 20.6 Å².